The van der Waals surface area contributed by atoms with E-state index < -0.39 is 10.5 Å². The van der Waals surface area contributed by atoms with Gasteiger partial charge in [0.25, 0.3) is 5.69 Å². The smallest absolute Gasteiger partial charge is 0.331 e. The van der Waals surface area contributed by atoms with Crippen LogP contribution in [0.3, 0.4) is 0 Å². The minimum Gasteiger partial charge on any atom is -0.464 e. The van der Waals surface area contributed by atoms with Gasteiger partial charge in [-0.25, -0.2) is 4.79 Å². The normalized spacial score (nSPS) is 20.4. The summed E-state index contributed by atoms with van der Waals surface area (Å²) in [5, 5.41) is 14.0. The Morgan fingerprint density at radius 1 is 1.12 bits per heavy atom. The molecule has 6 heteroatoms. The first kappa shape index (κ1) is 16.1. The van der Waals surface area contributed by atoms with Gasteiger partial charge < -0.3 is 4.74 Å². The van der Waals surface area contributed by atoms with E-state index in [0.717, 1.165) is 17.5 Å². The third kappa shape index (κ3) is 3.14. The van der Waals surface area contributed by atoms with Crippen LogP contribution in [-0.4, -0.2) is 17.5 Å². The van der Waals surface area contributed by atoms with Crippen LogP contribution < -0.4 is 5.32 Å². The van der Waals surface area contributed by atoms with Crippen molar-refractivity contribution in [2.24, 2.45) is 0 Å². The molecule has 2 aromatic carbocycles. The van der Waals surface area contributed by atoms with Gasteiger partial charge in [-0.3, -0.25) is 15.4 Å². The molecular formula is C18H18N2O4. The van der Waals surface area contributed by atoms with Crippen molar-refractivity contribution in [2.75, 3.05) is 6.61 Å². The highest BCUT2D eigenvalue weighted by Gasteiger charge is 2.43. The van der Waals surface area contributed by atoms with Gasteiger partial charge >= 0.3 is 5.97 Å². The van der Waals surface area contributed by atoms with Crippen LogP contribution in [0.1, 0.15) is 24.0 Å². The number of nitro groups is 1. The monoisotopic (exact) mass is 326 g/mol. The van der Waals surface area contributed by atoms with E-state index in [4.69, 9.17) is 4.74 Å². The van der Waals surface area contributed by atoms with E-state index >= 15 is 0 Å². The molecule has 0 spiro atoms. The summed E-state index contributed by atoms with van der Waals surface area (Å²) in [6, 6.07) is 15.8. The molecule has 24 heavy (non-hydrogen) atoms. The second-order valence-corrected chi connectivity index (χ2v) is 5.79. The Morgan fingerprint density at radius 3 is 2.46 bits per heavy atom. The molecule has 1 heterocycles. The number of nitrogens with one attached hydrogen (secondary N) is 1. The highest BCUT2D eigenvalue weighted by molar-refractivity contribution is 5.83. The van der Waals surface area contributed by atoms with Gasteiger partial charge in [0, 0.05) is 18.7 Å². The molecule has 0 saturated carbocycles. The van der Waals surface area contributed by atoms with E-state index in [2.05, 4.69) is 5.32 Å². The van der Waals surface area contributed by atoms with Crippen molar-refractivity contribution in [3.8, 4) is 0 Å². The highest BCUT2D eigenvalue weighted by atomic mass is 16.6. The van der Waals surface area contributed by atoms with E-state index in [1.165, 1.54) is 12.1 Å². The zero-order valence-corrected chi connectivity index (χ0v) is 13.1. The van der Waals surface area contributed by atoms with Crippen LogP contribution in [0.25, 0.3) is 0 Å². The number of hydrogen-bond acceptors (Lipinski definition) is 5. The number of carbonyl (C=O) groups is 1. The van der Waals surface area contributed by atoms with Crippen molar-refractivity contribution < 1.29 is 14.5 Å². The van der Waals surface area contributed by atoms with Crippen LogP contribution in [0.4, 0.5) is 5.69 Å². The van der Waals surface area contributed by atoms with Crippen LogP contribution in [0, 0.1) is 10.1 Å². The third-order valence-corrected chi connectivity index (χ3v) is 4.29. The largest absolute Gasteiger partial charge is 0.464 e. The van der Waals surface area contributed by atoms with Gasteiger partial charge in [-0.05, 0) is 24.0 Å². The summed E-state index contributed by atoms with van der Waals surface area (Å²) in [5.74, 6) is -0.276. The standard InChI is InChI=1S/C18H18N2O4/c21-17-18(11-4-12-24-17,15-5-2-1-3-6-15)19-13-14-7-9-16(10-8-14)20(22)23/h1-3,5-10,19H,4,11-13H2. The molecule has 2 aromatic rings. The van der Waals surface area contributed by atoms with Crippen molar-refractivity contribution in [3.05, 3.63) is 75.8 Å². The average molecular weight is 326 g/mol. The quantitative estimate of drug-likeness (QED) is 0.519. The summed E-state index contributed by atoms with van der Waals surface area (Å²) >= 11 is 0. The molecule has 0 aliphatic carbocycles. The van der Waals surface area contributed by atoms with Crippen molar-refractivity contribution >= 4 is 11.7 Å². The molecule has 124 valence electrons. The molecule has 1 saturated heterocycles. The zero-order valence-electron chi connectivity index (χ0n) is 13.1. The molecule has 6 nitrogen and oxygen atoms in total. The summed E-state index contributed by atoms with van der Waals surface area (Å²) in [4.78, 5) is 22.8. The number of nitro benzene ring substituents is 1. The number of esters is 1. The fraction of sp³-hybridized carbons (Fsp3) is 0.278. The Kier molecular flexibility index (Phi) is 4.57. The van der Waals surface area contributed by atoms with Gasteiger partial charge in [0.15, 0.2) is 0 Å². The lowest BCUT2D eigenvalue weighted by atomic mass is 9.83. The minimum atomic E-state index is -0.874. The Morgan fingerprint density at radius 2 is 1.83 bits per heavy atom. The molecule has 3 rings (SSSR count). The molecule has 1 aliphatic rings. The summed E-state index contributed by atoms with van der Waals surface area (Å²) < 4.78 is 5.30. The first-order valence-corrected chi connectivity index (χ1v) is 7.83. The number of carbonyl (C=O) groups excluding carboxylic acids is 1. The first-order valence-electron chi connectivity index (χ1n) is 7.83. The van der Waals surface area contributed by atoms with Crippen LogP contribution in [0.2, 0.25) is 0 Å². The summed E-state index contributed by atoms with van der Waals surface area (Å²) in [5.41, 5.74) is 0.917. The Balaban J connectivity index is 1.82. The van der Waals surface area contributed by atoms with Gasteiger partial charge in [0.1, 0.15) is 5.54 Å². The lowest BCUT2D eigenvalue weighted by molar-refractivity contribution is -0.384. The molecule has 1 aliphatic heterocycles. The summed E-state index contributed by atoms with van der Waals surface area (Å²) in [6.45, 7) is 0.856. The predicted molar refractivity (Wildman–Crippen MR) is 88.2 cm³/mol. The van der Waals surface area contributed by atoms with Crippen molar-refractivity contribution in [1.29, 1.82) is 0 Å². The van der Waals surface area contributed by atoms with Gasteiger partial charge in [0.05, 0.1) is 11.5 Å². The summed E-state index contributed by atoms with van der Waals surface area (Å²) in [7, 11) is 0. The maximum Gasteiger partial charge on any atom is 0.331 e. The number of cyclic esters (lactones) is 1. The summed E-state index contributed by atoms with van der Waals surface area (Å²) in [6.07, 6.45) is 1.44. The van der Waals surface area contributed by atoms with E-state index in [1.807, 2.05) is 30.3 Å². The lowest BCUT2D eigenvalue weighted by Gasteiger charge is -2.36. The third-order valence-electron chi connectivity index (χ3n) is 4.29. The average Bonchev–Trinajstić information content (AvgIpc) is 2.62. The maximum absolute atomic E-state index is 12.5. The Hall–Kier alpha value is -2.73. The molecule has 1 fully saturated rings. The van der Waals surface area contributed by atoms with Gasteiger partial charge in [0.2, 0.25) is 0 Å². The number of rotatable bonds is 5. The van der Waals surface area contributed by atoms with Gasteiger partial charge in [-0.1, -0.05) is 42.5 Å². The van der Waals surface area contributed by atoms with E-state index in [9.17, 15) is 14.9 Å². The Bertz CT molecular complexity index is 730. The van der Waals surface area contributed by atoms with Crippen LogP contribution in [-0.2, 0) is 21.6 Å². The fourth-order valence-electron chi connectivity index (χ4n) is 2.96. The molecule has 1 N–H and O–H groups in total. The maximum atomic E-state index is 12.5. The van der Waals surface area contributed by atoms with Crippen LogP contribution in [0.15, 0.2) is 54.6 Å². The van der Waals surface area contributed by atoms with Crippen LogP contribution >= 0.6 is 0 Å². The molecular weight excluding hydrogens is 308 g/mol. The zero-order chi connectivity index (χ0) is 17.0. The number of ether oxygens (including phenoxy) is 1. The van der Waals surface area contributed by atoms with Crippen LogP contribution in [0.5, 0.6) is 0 Å². The molecule has 0 amide bonds. The molecule has 0 radical (unpaired) electrons. The van der Waals surface area contributed by atoms with Crippen molar-refractivity contribution in [3.63, 3.8) is 0 Å². The van der Waals surface area contributed by atoms with E-state index in [-0.39, 0.29) is 11.7 Å². The van der Waals surface area contributed by atoms with Gasteiger partial charge in [-0.2, -0.15) is 0 Å². The van der Waals surface area contributed by atoms with Crippen molar-refractivity contribution in [2.45, 2.75) is 24.9 Å². The fourth-order valence-corrected chi connectivity index (χ4v) is 2.96. The number of hydrogen-bond donors (Lipinski definition) is 1. The SMILES string of the molecule is O=C1OCCCC1(NCc1ccc([N+](=O)[O-])cc1)c1ccccc1. The molecule has 1 unspecified atom stereocenters. The predicted octanol–water partition coefficient (Wildman–Crippen LogP) is 2.92. The first-order chi connectivity index (χ1) is 11.6. The van der Waals surface area contributed by atoms with Gasteiger partial charge in [-0.15, -0.1) is 0 Å². The topological polar surface area (TPSA) is 81.5 Å². The van der Waals surface area contributed by atoms with E-state index in [1.54, 1.807) is 12.1 Å². The second-order valence-electron chi connectivity index (χ2n) is 5.79. The lowest BCUT2D eigenvalue weighted by Crippen LogP contribution is -2.52. The molecule has 1 atom stereocenters. The van der Waals surface area contributed by atoms with E-state index in [0.29, 0.717) is 19.6 Å². The van der Waals surface area contributed by atoms with Crippen molar-refractivity contribution in [1.82, 2.24) is 5.32 Å². The number of non-ortho nitro benzene ring substituents is 1. The second kappa shape index (κ2) is 6.80. The number of benzene rings is 2. The number of nitrogens with zero attached hydrogens (tertiary/aromatic N) is 1. The Labute approximate surface area is 139 Å². The minimum absolute atomic E-state index is 0.0496. The highest BCUT2D eigenvalue weighted by Crippen LogP contribution is 2.32. The molecule has 0 aromatic heterocycles. The molecule has 0 bridgehead atoms.